The van der Waals surface area contributed by atoms with E-state index < -0.39 is 5.97 Å². The lowest BCUT2D eigenvalue weighted by Crippen LogP contribution is -2.21. The van der Waals surface area contributed by atoms with Crippen LogP contribution in [-0.4, -0.2) is 25.6 Å². The predicted molar refractivity (Wildman–Crippen MR) is 109 cm³/mol. The second kappa shape index (κ2) is 8.37. The number of methoxy groups -OCH3 is 1. The van der Waals surface area contributed by atoms with Crippen LogP contribution in [0.5, 0.6) is 5.75 Å². The van der Waals surface area contributed by atoms with Gasteiger partial charge in [0, 0.05) is 15.8 Å². The van der Waals surface area contributed by atoms with Gasteiger partial charge in [0.05, 0.1) is 7.11 Å². The van der Waals surface area contributed by atoms with Gasteiger partial charge in [0.25, 0.3) is 5.91 Å². The lowest BCUT2D eigenvalue weighted by atomic mass is 10.1. The van der Waals surface area contributed by atoms with Crippen molar-refractivity contribution in [2.75, 3.05) is 19.0 Å². The summed E-state index contributed by atoms with van der Waals surface area (Å²) in [5, 5.41) is 7.00. The van der Waals surface area contributed by atoms with Crippen LogP contribution in [0.1, 0.15) is 21.5 Å². The summed E-state index contributed by atoms with van der Waals surface area (Å²) in [4.78, 5) is 25.5. The first-order valence-electron chi connectivity index (χ1n) is 8.22. The molecule has 0 atom stereocenters. The Morgan fingerprint density at radius 1 is 1.11 bits per heavy atom. The smallest absolute Gasteiger partial charge is 0.341 e. The fourth-order valence-electron chi connectivity index (χ4n) is 2.70. The fourth-order valence-corrected chi connectivity index (χ4v) is 4.48. The number of nitrogens with one attached hydrogen (secondary N) is 1. The van der Waals surface area contributed by atoms with Crippen molar-refractivity contribution in [2.24, 2.45) is 0 Å². The second-order valence-electron chi connectivity index (χ2n) is 5.98. The third-order valence-corrected chi connectivity index (χ3v) is 5.58. The molecule has 0 unspecified atom stereocenters. The molecule has 140 valence electrons. The van der Waals surface area contributed by atoms with E-state index in [4.69, 9.17) is 9.47 Å². The lowest BCUT2D eigenvalue weighted by Gasteiger charge is -2.09. The van der Waals surface area contributed by atoms with Crippen molar-refractivity contribution >= 4 is 39.6 Å². The largest absolute Gasteiger partial charge is 0.484 e. The number of amides is 1. The Morgan fingerprint density at radius 2 is 1.85 bits per heavy atom. The molecule has 3 rings (SSSR count). The van der Waals surface area contributed by atoms with E-state index in [1.54, 1.807) is 0 Å². The average Bonchev–Trinajstić information content (AvgIpc) is 3.28. The van der Waals surface area contributed by atoms with E-state index in [1.807, 2.05) is 54.9 Å². The molecule has 1 amide bonds. The van der Waals surface area contributed by atoms with Crippen LogP contribution in [0.4, 0.5) is 5.00 Å². The summed E-state index contributed by atoms with van der Waals surface area (Å²) < 4.78 is 10.5. The van der Waals surface area contributed by atoms with Crippen molar-refractivity contribution in [2.45, 2.75) is 13.8 Å². The van der Waals surface area contributed by atoms with Gasteiger partial charge in [0.1, 0.15) is 16.3 Å². The summed E-state index contributed by atoms with van der Waals surface area (Å²) >= 11 is 2.81. The summed E-state index contributed by atoms with van der Waals surface area (Å²) in [7, 11) is 1.33. The van der Waals surface area contributed by atoms with Gasteiger partial charge >= 0.3 is 5.97 Å². The molecule has 1 N–H and O–H groups in total. The Labute approximate surface area is 165 Å². The lowest BCUT2D eigenvalue weighted by molar-refractivity contribution is -0.118. The van der Waals surface area contributed by atoms with Gasteiger partial charge in [-0.1, -0.05) is 12.1 Å². The number of esters is 1. The van der Waals surface area contributed by atoms with Crippen LogP contribution >= 0.6 is 22.7 Å². The standard InChI is InChI=1S/C20H19NO4S2/c1-12-7-13(2)9-14(8-12)25-10-17(22)21-19-18(20(23)24-3)15(11-27-19)16-5-4-6-26-16/h4-9,11H,10H2,1-3H3,(H,21,22). The molecule has 0 saturated heterocycles. The van der Waals surface area contributed by atoms with Crippen LogP contribution in [0.2, 0.25) is 0 Å². The normalized spacial score (nSPS) is 10.5. The first kappa shape index (κ1) is 19.1. The van der Waals surface area contributed by atoms with Gasteiger partial charge in [-0.05, 0) is 48.6 Å². The maximum absolute atomic E-state index is 12.3. The average molecular weight is 402 g/mol. The van der Waals surface area contributed by atoms with E-state index in [0.717, 1.165) is 21.6 Å². The molecule has 0 aliphatic heterocycles. The minimum atomic E-state index is -0.481. The topological polar surface area (TPSA) is 64.6 Å². The molecule has 0 bridgehead atoms. The predicted octanol–water partition coefficient (Wildman–Crippen LogP) is 4.90. The quantitative estimate of drug-likeness (QED) is 0.597. The van der Waals surface area contributed by atoms with Crippen LogP contribution in [0.25, 0.3) is 10.4 Å². The molecule has 27 heavy (non-hydrogen) atoms. The van der Waals surface area contributed by atoms with E-state index in [1.165, 1.54) is 29.8 Å². The van der Waals surface area contributed by atoms with E-state index in [-0.39, 0.29) is 12.5 Å². The zero-order chi connectivity index (χ0) is 19.4. The summed E-state index contributed by atoms with van der Waals surface area (Å²) in [6, 6.07) is 9.62. The van der Waals surface area contributed by atoms with Gasteiger partial charge in [-0.3, -0.25) is 4.79 Å². The van der Waals surface area contributed by atoms with Gasteiger partial charge in [-0.25, -0.2) is 4.79 Å². The summed E-state index contributed by atoms with van der Waals surface area (Å²) in [6.07, 6.45) is 0. The van der Waals surface area contributed by atoms with E-state index in [0.29, 0.717) is 16.3 Å². The van der Waals surface area contributed by atoms with Crippen LogP contribution in [0.15, 0.2) is 41.1 Å². The Kier molecular flexibility index (Phi) is 5.93. The number of benzene rings is 1. The molecule has 0 radical (unpaired) electrons. The SMILES string of the molecule is COC(=O)c1c(-c2cccs2)csc1NC(=O)COc1cc(C)cc(C)c1. The zero-order valence-electron chi connectivity index (χ0n) is 15.2. The highest BCUT2D eigenvalue weighted by molar-refractivity contribution is 7.17. The van der Waals surface area contributed by atoms with Crippen molar-refractivity contribution in [1.29, 1.82) is 0 Å². The van der Waals surface area contributed by atoms with Crippen LogP contribution in [0, 0.1) is 13.8 Å². The van der Waals surface area contributed by atoms with E-state index in [9.17, 15) is 9.59 Å². The molecule has 0 fully saturated rings. The number of hydrogen-bond acceptors (Lipinski definition) is 6. The molecule has 0 spiro atoms. The first-order valence-corrected chi connectivity index (χ1v) is 9.98. The minimum absolute atomic E-state index is 0.143. The van der Waals surface area contributed by atoms with Crippen LogP contribution in [-0.2, 0) is 9.53 Å². The third-order valence-electron chi connectivity index (χ3n) is 3.79. The van der Waals surface area contributed by atoms with E-state index in [2.05, 4.69) is 5.32 Å². The maximum atomic E-state index is 12.3. The molecule has 7 heteroatoms. The molecule has 2 heterocycles. The third kappa shape index (κ3) is 4.56. The van der Waals surface area contributed by atoms with Crippen LogP contribution < -0.4 is 10.1 Å². The molecule has 2 aromatic heterocycles. The molecule has 0 aliphatic carbocycles. The number of rotatable bonds is 6. The summed E-state index contributed by atoms with van der Waals surface area (Å²) in [5.74, 6) is -0.176. The first-order chi connectivity index (χ1) is 13.0. The van der Waals surface area contributed by atoms with E-state index >= 15 is 0 Å². The molecular formula is C20H19NO4S2. The molecule has 0 saturated carbocycles. The summed E-state index contributed by atoms with van der Waals surface area (Å²) in [5.41, 5.74) is 3.26. The Balaban J connectivity index is 1.74. The fraction of sp³-hybridized carbons (Fsp3) is 0.200. The van der Waals surface area contributed by atoms with Gasteiger partial charge < -0.3 is 14.8 Å². The van der Waals surface area contributed by atoms with Crippen molar-refractivity contribution in [3.8, 4) is 16.2 Å². The van der Waals surface area contributed by atoms with Gasteiger partial charge in [0.15, 0.2) is 6.61 Å². The van der Waals surface area contributed by atoms with Crippen molar-refractivity contribution < 1.29 is 19.1 Å². The highest BCUT2D eigenvalue weighted by Crippen LogP contribution is 2.38. The highest BCUT2D eigenvalue weighted by Gasteiger charge is 2.22. The monoisotopic (exact) mass is 401 g/mol. The molecule has 3 aromatic rings. The van der Waals surface area contributed by atoms with Gasteiger partial charge in [-0.2, -0.15) is 0 Å². The van der Waals surface area contributed by atoms with Gasteiger partial charge in [-0.15, -0.1) is 22.7 Å². The minimum Gasteiger partial charge on any atom is -0.484 e. The maximum Gasteiger partial charge on any atom is 0.341 e. The molecular weight excluding hydrogens is 382 g/mol. The summed E-state index contributed by atoms with van der Waals surface area (Å²) in [6.45, 7) is 3.80. The number of aryl methyl sites for hydroxylation is 2. The Morgan fingerprint density at radius 3 is 2.48 bits per heavy atom. The number of carbonyl (C=O) groups is 2. The number of ether oxygens (including phenoxy) is 2. The number of anilines is 1. The van der Waals surface area contributed by atoms with Crippen molar-refractivity contribution in [3.63, 3.8) is 0 Å². The Bertz CT molecular complexity index is 940. The second-order valence-corrected chi connectivity index (χ2v) is 7.81. The zero-order valence-corrected chi connectivity index (χ0v) is 16.8. The Hall–Kier alpha value is -2.64. The van der Waals surface area contributed by atoms with Crippen molar-refractivity contribution in [3.05, 3.63) is 57.8 Å². The van der Waals surface area contributed by atoms with Gasteiger partial charge in [0.2, 0.25) is 0 Å². The van der Waals surface area contributed by atoms with Crippen LogP contribution in [0.3, 0.4) is 0 Å². The number of hydrogen-bond donors (Lipinski definition) is 1. The highest BCUT2D eigenvalue weighted by atomic mass is 32.1. The van der Waals surface area contributed by atoms with Crippen molar-refractivity contribution in [1.82, 2.24) is 0 Å². The molecule has 1 aromatic carbocycles. The molecule has 5 nitrogen and oxygen atoms in total. The number of thiophene rings is 2. The molecule has 0 aliphatic rings. The number of carbonyl (C=O) groups excluding carboxylic acids is 2.